The Morgan fingerprint density at radius 2 is 1.94 bits per heavy atom. The van der Waals surface area contributed by atoms with E-state index in [-0.39, 0.29) is 5.04 Å². The minimum absolute atomic E-state index is 0.0373. The molecule has 0 atom stereocenters. The van der Waals surface area contributed by atoms with Crippen LogP contribution in [0.1, 0.15) is 25.0 Å². The number of benzene rings is 1. The molecule has 1 aromatic rings. The van der Waals surface area contributed by atoms with Gasteiger partial charge in [-0.2, -0.15) is 0 Å². The standard InChI is InChI=1S/C13H20BrClOSi/c1-13(2,17(3,4)16)8-10-5-6-12(15)11(7-10)9-14/h5-7,16H,8-9H2,1-4H3. The molecule has 4 heteroatoms. The predicted molar refractivity (Wildman–Crippen MR) is 81.5 cm³/mol. The summed E-state index contributed by atoms with van der Waals surface area (Å²) in [5.41, 5.74) is 2.35. The third kappa shape index (κ3) is 3.81. The summed E-state index contributed by atoms with van der Waals surface area (Å²) in [6.45, 7) is 8.27. The molecular weight excluding hydrogens is 316 g/mol. The Labute approximate surface area is 118 Å². The molecule has 0 aliphatic heterocycles. The van der Waals surface area contributed by atoms with Gasteiger partial charge in [-0.15, -0.1) is 0 Å². The number of rotatable bonds is 4. The molecule has 0 saturated carbocycles. The van der Waals surface area contributed by atoms with E-state index in [4.69, 9.17) is 11.6 Å². The summed E-state index contributed by atoms with van der Waals surface area (Å²) in [6, 6.07) is 6.12. The van der Waals surface area contributed by atoms with Crippen LogP contribution in [0.3, 0.4) is 0 Å². The SMILES string of the molecule is CC(C)(Cc1ccc(Cl)c(CBr)c1)[Si](C)(C)O. The van der Waals surface area contributed by atoms with Gasteiger partial charge in [0.2, 0.25) is 0 Å². The maximum absolute atomic E-state index is 10.3. The Bertz CT molecular complexity index is 399. The van der Waals surface area contributed by atoms with Gasteiger partial charge in [0.25, 0.3) is 0 Å². The Morgan fingerprint density at radius 3 is 2.41 bits per heavy atom. The maximum atomic E-state index is 10.3. The van der Waals surface area contributed by atoms with E-state index in [0.29, 0.717) is 0 Å². The van der Waals surface area contributed by atoms with Crippen LogP contribution < -0.4 is 0 Å². The van der Waals surface area contributed by atoms with E-state index in [9.17, 15) is 4.80 Å². The zero-order valence-corrected chi connectivity index (χ0v) is 14.2. The zero-order valence-electron chi connectivity index (χ0n) is 10.8. The molecule has 1 N–H and O–H groups in total. The van der Waals surface area contributed by atoms with Crippen molar-refractivity contribution in [1.29, 1.82) is 0 Å². The Morgan fingerprint density at radius 1 is 1.35 bits per heavy atom. The van der Waals surface area contributed by atoms with Crippen molar-refractivity contribution in [2.24, 2.45) is 0 Å². The van der Waals surface area contributed by atoms with Crippen molar-refractivity contribution in [3.8, 4) is 0 Å². The second-order valence-electron chi connectivity index (χ2n) is 5.68. The minimum atomic E-state index is -2.15. The summed E-state index contributed by atoms with van der Waals surface area (Å²) < 4.78 is 0. The number of alkyl halides is 1. The summed E-state index contributed by atoms with van der Waals surface area (Å²) >= 11 is 9.52. The van der Waals surface area contributed by atoms with Crippen LogP contribution in [0, 0.1) is 0 Å². The quantitative estimate of drug-likeness (QED) is 0.621. The van der Waals surface area contributed by atoms with Gasteiger partial charge >= 0.3 is 0 Å². The first kappa shape index (κ1) is 15.2. The van der Waals surface area contributed by atoms with Crippen molar-refractivity contribution in [1.82, 2.24) is 0 Å². The van der Waals surface area contributed by atoms with Crippen molar-refractivity contribution in [3.05, 3.63) is 34.3 Å². The number of halogens is 2. The highest BCUT2D eigenvalue weighted by molar-refractivity contribution is 9.08. The molecule has 0 amide bonds. The van der Waals surface area contributed by atoms with Crippen LogP contribution in [-0.2, 0) is 11.8 Å². The van der Waals surface area contributed by atoms with Gasteiger partial charge in [0.1, 0.15) is 0 Å². The van der Waals surface area contributed by atoms with Crippen molar-refractivity contribution in [2.45, 2.75) is 43.7 Å². The highest BCUT2D eigenvalue weighted by Crippen LogP contribution is 2.39. The van der Waals surface area contributed by atoms with E-state index in [0.717, 1.165) is 22.3 Å². The summed E-state index contributed by atoms with van der Waals surface area (Å²) in [4.78, 5) is 10.3. The third-order valence-corrected chi connectivity index (χ3v) is 8.02. The Balaban J connectivity index is 2.96. The van der Waals surface area contributed by atoms with E-state index >= 15 is 0 Å². The Hall–Kier alpha value is 0.167. The number of hydrogen-bond acceptors (Lipinski definition) is 1. The first-order chi connectivity index (χ1) is 7.67. The smallest absolute Gasteiger partial charge is 0.188 e. The molecular formula is C13H20BrClOSi. The van der Waals surface area contributed by atoms with Gasteiger partial charge in [-0.1, -0.05) is 53.5 Å². The minimum Gasteiger partial charge on any atom is -0.432 e. The molecule has 0 unspecified atom stereocenters. The van der Waals surface area contributed by atoms with Crippen LogP contribution in [0.25, 0.3) is 0 Å². The van der Waals surface area contributed by atoms with Gasteiger partial charge in [-0.25, -0.2) is 0 Å². The molecule has 1 rings (SSSR count). The van der Waals surface area contributed by atoms with Crippen LogP contribution in [-0.4, -0.2) is 13.1 Å². The lowest BCUT2D eigenvalue weighted by atomic mass is 10.0. The normalized spacial score (nSPS) is 12.9. The van der Waals surface area contributed by atoms with Gasteiger partial charge in [0, 0.05) is 10.4 Å². The van der Waals surface area contributed by atoms with Crippen molar-refractivity contribution in [3.63, 3.8) is 0 Å². The molecule has 0 bridgehead atoms. The van der Waals surface area contributed by atoms with Gasteiger partial charge in [-0.3, -0.25) is 0 Å². The van der Waals surface area contributed by atoms with Crippen molar-refractivity contribution < 1.29 is 4.80 Å². The second kappa shape index (κ2) is 5.43. The topological polar surface area (TPSA) is 20.2 Å². The molecule has 0 radical (unpaired) electrons. The van der Waals surface area contributed by atoms with E-state index in [1.54, 1.807) is 0 Å². The molecule has 0 saturated heterocycles. The van der Waals surface area contributed by atoms with Crippen LogP contribution in [0.4, 0.5) is 0 Å². The first-order valence-corrected chi connectivity index (χ1v) is 10.2. The predicted octanol–water partition coefficient (Wildman–Crippen LogP) is 4.76. The molecule has 0 aromatic heterocycles. The molecule has 0 fully saturated rings. The molecule has 96 valence electrons. The molecule has 1 nitrogen and oxygen atoms in total. The maximum Gasteiger partial charge on any atom is 0.188 e. The van der Waals surface area contributed by atoms with E-state index < -0.39 is 8.32 Å². The molecule has 0 heterocycles. The van der Waals surface area contributed by atoms with Crippen LogP contribution in [0.15, 0.2) is 18.2 Å². The van der Waals surface area contributed by atoms with Gasteiger partial charge in [-0.05, 0) is 41.7 Å². The fourth-order valence-corrected chi connectivity index (χ4v) is 3.01. The average Bonchev–Trinajstić information content (AvgIpc) is 2.19. The molecule has 0 spiro atoms. The third-order valence-electron chi connectivity index (χ3n) is 3.56. The average molecular weight is 336 g/mol. The Kier molecular flexibility index (Phi) is 4.86. The largest absolute Gasteiger partial charge is 0.432 e. The fourth-order valence-electron chi connectivity index (χ4n) is 1.57. The molecule has 0 aliphatic rings. The highest BCUT2D eigenvalue weighted by atomic mass is 79.9. The highest BCUT2D eigenvalue weighted by Gasteiger charge is 2.37. The lowest BCUT2D eigenvalue weighted by Gasteiger charge is -2.35. The zero-order chi connectivity index (χ0) is 13.3. The summed E-state index contributed by atoms with van der Waals surface area (Å²) in [5.74, 6) is 0. The van der Waals surface area contributed by atoms with Crippen molar-refractivity contribution in [2.75, 3.05) is 0 Å². The molecule has 17 heavy (non-hydrogen) atoms. The second-order valence-corrected chi connectivity index (χ2v) is 11.1. The summed E-state index contributed by atoms with van der Waals surface area (Å²) in [5, 5.41) is 1.52. The summed E-state index contributed by atoms with van der Waals surface area (Å²) in [6.07, 6.45) is 0.889. The van der Waals surface area contributed by atoms with Gasteiger partial charge in [0.15, 0.2) is 8.32 Å². The van der Waals surface area contributed by atoms with Gasteiger partial charge in [0.05, 0.1) is 0 Å². The monoisotopic (exact) mass is 334 g/mol. The van der Waals surface area contributed by atoms with E-state index in [2.05, 4.69) is 41.9 Å². The van der Waals surface area contributed by atoms with E-state index in [1.807, 2.05) is 19.2 Å². The lowest BCUT2D eigenvalue weighted by molar-refractivity contribution is 0.467. The van der Waals surface area contributed by atoms with Crippen LogP contribution in [0.5, 0.6) is 0 Å². The molecule has 1 aromatic carbocycles. The molecule has 0 aliphatic carbocycles. The van der Waals surface area contributed by atoms with Gasteiger partial charge < -0.3 is 4.80 Å². The van der Waals surface area contributed by atoms with Crippen LogP contribution in [0.2, 0.25) is 23.2 Å². The van der Waals surface area contributed by atoms with Crippen LogP contribution >= 0.6 is 27.5 Å². The summed E-state index contributed by atoms with van der Waals surface area (Å²) in [7, 11) is -2.15. The van der Waals surface area contributed by atoms with Crippen molar-refractivity contribution >= 4 is 35.8 Å². The first-order valence-electron chi connectivity index (χ1n) is 5.73. The fraction of sp³-hybridized carbons (Fsp3) is 0.538. The lowest BCUT2D eigenvalue weighted by Crippen LogP contribution is -2.40. The number of hydrogen-bond donors (Lipinski definition) is 1. The van der Waals surface area contributed by atoms with E-state index in [1.165, 1.54) is 5.56 Å².